The van der Waals surface area contributed by atoms with E-state index in [1.165, 1.54) is 4.68 Å². The van der Waals surface area contributed by atoms with Crippen LogP contribution in [0.25, 0.3) is 0 Å². The third-order valence-corrected chi connectivity index (χ3v) is 4.94. The summed E-state index contributed by atoms with van der Waals surface area (Å²) in [5.74, 6) is -0.216. The molecule has 0 aliphatic carbocycles. The highest BCUT2D eigenvalue weighted by Gasteiger charge is 2.21. The molecule has 7 heteroatoms. The minimum Gasteiger partial charge on any atom is -0.365 e. The molecule has 26 heavy (non-hydrogen) atoms. The van der Waals surface area contributed by atoms with E-state index in [0.717, 1.165) is 37.9 Å². The number of aromatic nitrogens is 2. The van der Waals surface area contributed by atoms with Crippen LogP contribution in [0, 0.1) is 0 Å². The van der Waals surface area contributed by atoms with Crippen molar-refractivity contribution < 1.29 is 4.79 Å². The smallest absolute Gasteiger partial charge is 0.292 e. The molecule has 0 radical (unpaired) electrons. The van der Waals surface area contributed by atoms with Gasteiger partial charge in [0, 0.05) is 24.7 Å². The molecule has 0 atom stereocenters. The van der Waals surface area contributed by atoms with Gasteiger partial charge in [-0.1, -0.05) is 29.8 Å². The van der Waals surface area contributed by atoms with Crippen molar-refractivity contribution in [2.45, 2.75) is 39.2 Å². The molecule has 0 saturated carbocycles. The zero-order valence-electron chi connectivity index (χ0n) is 14.9. The Morgan fingerprint density at radius 3 is 2.65 bits per heavy atom. The third-order valence-electron chi connectivity index (χ3n) is 4.57. The summed E-state index contributed by atoms with van der Waals surface area (Å²) in [6.07, 6.45) is 4.97. The lowest BCUT2D eigenvalue weighted by Gasteiger charge is -2.29. The first-order valence-electron chi connectivity index (χ1n) is 8.98. The van der Waals surface area contributed by atoms with Crippen LogP contribution in [-0.2, 0) is 17.8 Å². The summed E-state index contributed by atoms with van der Waals surface area (Å²) >= 11 is 6.14. The molecule has 3 rings (SSSR count). The van der Waals surface area contributed by atoms with Crippen LogP contribution < -0.4 is 15.8 Å². The highest BCUT2D eigenvalue weighted by Crippen LogP contribution is 2.24. The fourth-order valence-corrected chi connectivity index (χ4v) is 3.43. The average molecular weight is 375 g/mol. The monoisotopic (exact) mass is 374 g/mol. The van der Waals surface area contributed by atoms with E-state index in [9.17, 15) is 9.59 Å². The molecule has 0 spiro atoms. The number of nitrogens with one attached hydrogen (secondary N) is 1. The van der Waals surface area contributed by atoms with Crippen molar-refractivity contribution >= 4 is 28.9 Å². The van der Waals surface area contributed by atoms with Crippen LogP contribution in [-0.4, -0.2) is 28.8 Å². The molecular formula is C19H23ClN4O2. The lowest BCUT2D eigenvalue weighted by Crippen LogP contribution is -2.37. The lowest BCUT2D eigenvalue weighted by atomic mass is 10.1. The SMILES string of the molecule is CCn1ncc(NC(=O)Cc2ccccc2Cl)c(N2CCCCC2)c1=O. The first kappa shape index (κ1) is 18.5. The lowest BCUT2D eigenvalue weighted by molar-refractivity contribution is -0.115. The summed E-state index contributed by atoms with van der Waals surface area (Å²) in [5.41, 5.74) is 1.60. The number of benzene rings is 1. The minimum absolute atomic E-state index is 0.149. The Morgan fingerprint density at radius 1 is 1.23 bits per heavy atom. The van der Waals surface area contributed by atoms with E-state index in [1.807, 2.05) is 25.1 Å². The highest BCUT2D eigenvalue weighted by atomic mass is 35.5. The predicted octanol–water partition coefficient (Wildman–Crippen LogP) is 3.09. The van der Waals surface area contributed by atoms with E-state index in [1.54, 1.807) is 12.3 Å². The van der Waals surface area contributed by atoms with Crippen molar-refractivity contribution in [3.63, 3.8) is 0 Å². The van der Waals surface area contributed by atoms with Gasteiger partial charge in [0.05, 0.1) is 18.3 Å². The predicted molar refractivity (Wildman–Crippen MR) is 104 cm³/mol. The molecule has 138 valence electrons. The molecule has 1 amide bonds. The molecule has 0 bridgehead atoms. The molecule has 6 nitrogen and oxygen atoms in total. The normalized spacial score (nSPS) is 14.3. The van der Waals surface area contributed by atoms with Crippen LogP contribution in [0.1, 0.15) is 31.7 Å². The van der Waals surface area contributed by atoms with E-state index in [-0.39, 0.29) is 17.9 Å². The average Bonchev–Trinajstić information content (AvgIpc) is 2.65. The summed E-state index contributed by atoms with van der Waals surface area (Å²) in [7, 11) is 0. The zero-order chi connectivity index (χ0) is 18.5. The van der Waals surface area contributed by atoms with E-state index < -0.39 is 0 Å². The number of carbonyl (C=O) groups is 1. The van der Waals surface area contributed by atoms with Crippen LogP contribution in [0.2, 0.25) is 5.02 Å². The van der Waals surface area contributed by atoms with E-state index in [4.69, 9.17) is 11.6 Å². The Morgan fingerprint density at radius 2 is 1.96 bits per heavy atom. The van der Waals surface area contributed by atoms with Gasteiger partial charge in [0.2, 0.25) is 5.91 Å². The Bertz CT molecular complexity index is 844. The highest BCUT2D eigenvalue weighted by molar-refractivity contribution is 6.31. The van der Waals surface area contributed by atoms with Gasteiger partial charge in [0.15, 0.2) is 0 Å². The van der Waals surface area contributed by atoms with Gasteiger partial charge in [0.25, 0.3) is 5.56 Å². The van der Waals surface area contributed by atoms with Crippen molar-refractivity contribution in [2.24, 2.45) is 0 Å². The summed E-state index contributed by atoms with van der Waals surface area (Å²) in [5, 5.41) is 7.58. The van der Waals surface area contributed by atoms with Gasteiger partial charge < -0.3 is 10.2 Å². The number of piperidine rings is 1. The Hall–Kier alpha value is -2.34. The van der Waals surface area contributed by atoms with Crippen molar-refractivity contribution in [1.82, 2.24) is 9.78 Å². The summed E-state index contributed by atoms with van der Waals surface area (Å²) in [6, 6.07) is 7.25. The maximum atomic E-state index is 12.8. The van der Waals surface area contributed by atoms with Crippen LogP contribution in [0.15, 0.2) is 35.3 Å². The third kappa shape index (κ3) is 4.07. The van der Waals surface area contributed by atoms with Gasteiger partial charge in [0.1, 0.15) is 5.69 Å². The van der Waals surface area contributed by atoms with Gasteiger partial charge in [-0.15, -0.1) is 0 Å². The number of hydrogen-bond acceptors (Lipinski definition) is 4. The maximum absolute atomic E-state index is 12.8. The standard InChI is InChI=1S/C19H23ClN4O2/c1-2-24-19(26)18(23-10-6-3-7-11-23)16(13-21-24)22-17(25)12-14-8-4-5-9-15(14)20/h4-5,8-9,13H,2-3,6-7,10-12H2,1H3,(H,22,25). The fourth-order valence-electron chi connectivity index (χ4n) is 3.23. The van der Waals surface area contributed by atoms with Crippen LogP contribution >= 0.6 is 11.6 Å². The van der Waals surface area contributed by atoms with Crippen molar-refractivity contribution in [2.75, 3.05) is 23.3 Å². The second-order valence-corrected chi connectivity index (χ2v) is 6.80. The van der Waals surface area contributed by atoms with Crippen molar-refractivity contribution in [3.8, 4) is 0 Å². The van der Waals surface area contributed by atoms with Crippen LogP contribution in [0.4, 0.5) is 11.4 Å². The number of hydrogen-bond donors (Lipinski definition) is 1. The maximum Gasteiger partial charge on any atom is 0.292 e. The Labute approximate surface area is 157 Å². The first-order chi connectivity index (χ1) is 12.6. The second-order valence-electron chi connectivity index (χ2n) is 6.39. The first-order valence-corrected chi connectivity index (χ1v) is 9.36. The van der Waals surface area contributed by atoms with E-state index in [0.29, 0.717) is 22.9 Å². The Balaban J connectivity index is 1.86. The van der Waals surface area contributed by atoms with Crippen LogP contribution in [0.5, 0.6) is 0 Å². The van der Waals surface area contributed by atoms with Crippen molar-refractivity contribution in [3.05, 3.63) is 51.4 Å². The quantitative estimate of drug-likeness (QED) is 0.873. The zero-order valence-corrected chi connectivity index (χ0v) is 15.6. The summed E-state index contributed by atoms with van der Waals surface area (Å²) in [6.45, 7) is 4.00. The summed E-state index contributed by atoms with van der Waals surface area (Å²) in [4.78, 5) is 27.4. The largest absolute Gasteiger partial charge is 0.365 e. The molecule has 1 aliphatic rings. The van der Waals surface area contributed by atoms with E-state index in [2.05, 4.69) is 15.3 Å². The number of rotatable bonds is 5. The molecule has 2 aromatic rings. The van der Waals surface area contributed by atoms with E-state index >= 15 is 0 Å². The Kier molecular flexibility index (Phi) is 5.93. The number of nitrogens with zero attached hydrogens (tertiary/aromatic N) is 3. The molecule has 1 aliphatic heterocycles. The molecule has 1 saturated heterocycles. The molecule has 1 aromatic heterocycles. The summed E-state index contributed by atoms with van der Waals surface area (Å²) < 4.78 is 1.42. The fraction of sp³-hybridized carbons (Fsp3) is 0.421. The molecule has 1 fully saturated rings. The molecular weight excluding hydrogens is 352 g/mol. The molecule has 1 N–H and O–H groups in total. The van der Waals surface area contributed by atoms with Gasteiger partial charge in [-0.25, -0.2) is 4.68 Å². The number of anilines is 2. The van der Waals surface area contributed by atoms with Crippen LogP contribution in [0.3, 0.4) is 0 Å². The molecule has 2 heterocycles. The second kappa shape index (κ2) is 8.36. The van der Waals surface area contributed by atoms with Crippen molar-refractivity contribution in [1.29, 1.82) is 0 Å². The topological polar surface area (TPSA) is 67.2 Å². The number of carbonyl (C=O) groups excluding carboxylic acids is 1. The van der Waals surface area contributed by atoms with Gasteiger partial charge in [-0.05, 0) is 37.8 Å². The number of amides is 1. The number of halogens is 1. The number of aryl methyl sites for hydroxylation is 1. The molecule has 1 aromatic carbocycles. The van der Waals surface area contributed by atoms with Gasteiger partial charge >= 0.3 is 0 Å². The minimum atomic E-state index is -0.216. The van der Waals surface area contributed by atoms with Gasteiger partial charge in [-0.3, -0.25) is 9.59 Å². The van der Waals surface area contributed by atoms with Gasteiger partial charge in [-0.2, -0.15) is 5.10 Å². The molecule has 0 unspecified atom stereocenters.